The van der Waals surface area contributed by atoms with Crippen LogP contribution in [0.2, 0.25) is 0 Å². The van der Waals surface area contributed by atoms with Gasteiger partial charge in [-0.2, -0.15) is 0 Å². The molecule has 0 unspecified atom stereocenters. The number of benzene rings is 1. The topological polar surface area (TPSA) is 46.6 Å². The zero-order valence-electron chi connectivity index (χ0n) is 11.5. The number of hydrogen-bond acceptors (Lipinski definition) is 3. The summed E-state index contributed by atoms with van der Waals surface area (Å²) >= 11 is 0. The van der Waals surface area contributed by atoms with Crippen LogP contribution in [0.4, 0.5) is 4.39 Å². The minimum absolute atomic E-state index is 0.151. The van der Waals surface area contributed by atoms with Crippen molar-refractivity contribution in [3.8, 4) is 0 Å². The first-order valence-corrected chi connectivity index (χ1v) is 6.78. The lowest BCUT2D eigenvalue weighted by atomic mass is 9.98. The zero-order chi connectivity index (χ0) is 14.5. The largest absolute Gasteiger partial charge is 0.380 e. The van der Waals surface area contributed by atoms with Gasteiger partial charge in [-0.3, -0.25) is 14.5 Å². The second-order valence-electron chi connectivity index (χ2n) is 4.81. The first-order chi connectivity index (χ1) is 9.61. The van der Waals surface area contributed by atoms with E-state index in [-0.39, 0.29) is 30.0 Å². The lowest BCUT2D eigenvalue weighted by Crippen LogP contribution is -2.34. The van der Waals surface area contributed by atoms with Crippen molar-refractivity contribution < 1.29 is 18.7 Å². The van der Waals surface area contributed by atoms with E-state index in [1.165, 1.54) is 17.0 Å². The molecule has 108 valence electrons. The highest BCUT2D eigenvalue weighted by atomic mass is 19.1. The minimum atomic E-state index is -0.338. The Labute approximate surface area is 117 Å². The summed E-state index contributed by atoms with van der Waals surface area (Å²) in [5.74, 6) is -0.948. The van der Waals surface area contributed by atoms with E-state index in [0.717, 1.165) is 5.56 Å². The molecule has 1 saturated heterocycles. The van der Waals surface area contributed by atoms with E-state index in [9.17, 15) is 14.0 Å². The molecule has 0 saturated carbocycles. The maximum atomic E-state index is 12.8. The summed E-state index contributed by atoms with van der Waals surface area (Å²) < 4.78 is 18.0. The molecule has 1 aliphatic rings. The number of rotatable bonds is 6. The van der Waals surface area contributed by atoms with Crippen molar-refractivity contribution >= 4 is 11.8 Å². The molecule has 1 aliphatic heterocycles. The molecule has 5 heteroatoms. The van der Waals surface area contributed by atoms with Crippen LogP contribution in [0.5, 0.6) is 0 Å². The Morgan fingerprint density at radius 2 is 2.00 bits per heavy atom. The molecule has 1 aromatic carbocycles. The maximum Gasteiger partial charge on any atom is 0.233 e. The van der Waals surface area contributed by atoms with E-state index in [1.54, 1.807) is 12.1 Å². The van der Waals surface area contributed by atoms with Crippen LogP contribution in [0, 0.1) is 11.7 Å². The molecule has 0 bridgehead atoms. The van der Waals surface area contributed by atoms with Crippen LogP contribution >= 0.6 is 0 Å². The molecular weight excluding hydrogens is 261 g/mol. The van der Waals surface area contributed by atoms with E-state index in [4.69, 9.17) is 4.74 Å². The van der Waals surface area contributed by atoms with Gasteiger partial charge >= 0.3 is 0 Å². The van der Waals surface area contributed by atoms with Gasteiger partial charge < -0.3 is 4.74 Å². The van der Waals surface area contributed by atoms with Crippen LogP contribution in [0.3, 0.4) is 0 Å². The summed E-state index contributed by atoms with van der Waals surface area (Å²) in [5.41, 5.74) is 0.865. The molecule has 4 nitrogen and oxygen atoms in total. The number of amides is 2. The Hall–Kier alpha value is -1.75. The Morgan fingerprint density at radius 1 is 1.30 bits per heavy atom. The quantitative estimate of drug-likeness (QED) is 0.589. The Bertz CT molecular complexity index is 486. The minimum Gasteiger partial charge on any atom is -0.380 e. The Morgan fingerprint density at radius 3 is 2.65 bits per heavy atom. The predicted molar refractivity (Wildman–Crippen MR) is 71.4 cm³/mol. The number of likely N-dealkylation sites (tertiary alicyclic amines) is 1. The SMILES string of the molecule is CCOCCN1C(=O)C[C@@H](Cc2ccc(F)cc2)C1=O. The summed E-state index contributed by atoms with van der Waals surface area (Å²) in [7, 11) is 0. The van der Waals surface area contributed by atoms with Crippen molar-refractivity contribution in [3.63, 3.8) is 0 Å². The maximum absolute atomic E-state index is 12.8. The van der Waals surface area contributed by atoms with Gasteiger partial charge in [-0.15, -0.1) is 0 Å². The van der Waals surface area contributed by atoms with Crippen molar-refractivity contribution in [1.29, 1.82) is 0 Å². The van der Waals surface area contributed by atoms with Crippen LogP contribution < -0.4 is 0 Å². The molecule has 1 heterocycles. The van der Waals surface area contributed by atoms with Crippen LogP contribution in [-0.2, 0) is 20.7 Å². The highest BCUT2D eigenvalue weighted by molar-refractivity contribution is 6.03. The fourth-order valence-corrected chi connectivity index (χ4v) is 2.35. The van der Waals surface area contributed by atoms with Crippen molar-refractivity contribution in [2.45, 2.75) is 19.8 Å². The van der Waals surface area contributed by atoms with Gasteiger partial charge in [0.05, 0.1) is 19.1 Å². The normalized spacial score (nSPS) is 18.9. The van der Waals surface area contributed by atoms with Crippen molar-refractivity contribution in [3.05, 3.63) is 35.6 Å². The molecule has 1 atom stereocenters. The lowest BCUT2D eigenvalue weighted by Gasteiger charge is -2.14. The van der Waals surface area contributed by atoms with E-state index in [1.807, 2.05) is 6.92 Å². The third-order valence-electron chi connectivity index (χ3n) is 3.40. The van der Waals surface area contributed by atoms with Crippen LogP contribution in [-0.4, -0.2) is 36.5 Å². The molecule has 1 fully saturated rings. The third kappa shape index (κ3) is 3.42. The average molecular weight is 279 g/mol. The Balaban J connectivity index is 1.95. The van der Waals surface area contributed by atoms with Gasteiger partial charge in [-0.1, -0.05) is 12.1 Å². The summed E-state index contributed by atoms with van der Waals surface area (Å²) in [6.45, 7) is 3.11. The number of halogens is 1. The molecule has 0 spiro atoms. The van der Waals surface area contributed by atoms with Gasteiger partial charge in [0, 0.05) is 13.0 Å². The van der Waals surface area contributed by atoms with Gasteiger partial charge in [-0.05, 0) is 31.0 Å². The molecule has 1 aromatic rings. The van der Waals surface area contributed by atoms with Crippen molar-refractivity contribution in [2.75, 3.05) is 19.8 Å². The summed E-state index contributed by atoms with van der Waals surface area (Å²) in [4.78, 5) is 25.2. The number of ether oxygens (including phenoxy) is 1. The van der Waals surface area contributed by atoms with E-state index >= 15 is 0 Å². The van der Waals surface area contributed by atoms with Gasteiger partial charge in [0.15, 0.2) is 0 Å². The predicted octanol–water partition coefficient (Wildman–Crippen LogP) is 1.78. The molecule has 0 N–H and O–H groups in total. The molecule has 0 aromatic heterocycles. The highest BCUT2D eigenvalue weighted by Gasteiger charge is 2.37. The van der Waals surface area contributed by atoms with Crippen molar-refractivity contribution in [1.82, 2.24) is 4.90 Å². The standard InChI is InChI=1S/C15H18FNO3/c1-2-20-8-7-17-14(18)10-12(15(17)19)9-11-3-5-13(16)6-4-11/h3-6,12H,2,7-10H2,1H3/t12-/m1/s1. The number of imide groups is 1. The van der Waals surface area contributed by atoms with E-state index in [2.05, 4.69) is 0 Å². The van der Waals surface area contributed by atoms with Gasteiger partial charge in [0.2, 0.25) is 11.8 Å². The fourth-order valence-electron chi connectivity index (χ4n) is 2.35. The second-order valence-corrected chi connectivity index (χ2v) is 4.81. The number of carbonyl (C=O) groups excluding carboxylic acids is 2. The lowest BCUT2D eigenvalue weighted by molar-refractivity contribution is -0.140. The first kappa shape index (κ1) is 14.7. The van der Waals surface area contributed by atoms with E-state index < -0.39 is 0 Å². The van der Waals surface area contributed by atoms with Gasteiger partial charge in [0.1, 0.15) is 5.82 Å². The number of carbonyl (C=O) groups is 2. The fraction of sp³-hybridized carbons (Fsp3) is 0.467. The molecule has 0 radical (unpaired) electrons. The molecule has 2 rings (SSSR count). The number of hydrogen-bond donors (Lipinski definition) is 0. The molecular formula is C15H18FNO3. The van der Waals surface area contributed by atoms with Crippen LogP contribution in [0.15, 0.2) is 24.3 Å². The van der Waals surface area contributed by atoms with Crippen LogP contribution in [0.1, 0.15) is 18.9 Å². The first-order valence-electron chi connectivity index (χ1n) is 6.78. The zero-order valence-corrected chi connectivity index (χ0v) is 11.5. The van der Waals surface area contributed by atoms with Crippen LogP contribution in [0.25, 0.3) is 0 Å². The highest BCUT2D eigenvalue weighted by Crippen LogP contribution is 2.23. The summed E-state index contributed by atoms with van der Waals surface area (Å²) in [6, 6.07) is 6.03. The average Bonchev–Trinajstić information content (AvgIpc) is 2.69. The molecule has 20 heavy (non-hydrogen) atoms. The molecule has 2 amide bonds. The molecule has 0 aliphatic carbocycles. The second kappa shape index (κ2) is 6.61. The smallest absolute Gasteiger partial charge is 0.233 e. The van der Waals surface area contributed by atoms with Gasteiger partial charge in [-0.25, -0.2) is 4.39 Å². The summed E-state index contributed by atoms with van der Waals surface area (Å²) in [6.07, 6.45) is 0.693. The Kier molecular flexibility index (Phi) is 4.84. The van der Waals surface area contributed by atoms with Gasteiger partial charge in [0.25, 0.3) is 0 Å². The summed E-state index contributed by atoms with van der Waals surface area (Å²) in [5, 5.41) is 0. The monoisotopic (exact) mass is 279 g/mol. The number of nitrogens with zero attached hydrogens (tertiary/aromatic N) is 1. The van der Waals surface area contributed by atoms with E-state index in [0.29, 0.717) is 26.2 Å². The third-order valence-corrected chi connectivity index (χ3v) is 3.40. The van der Waals surface area contributed by atoms with Crippen molar-refractivity contribution in [2.24, 2.45) is 5.92 Å².